The summed E-state index contributed by atoms with van der Waals surface area (Å²) < 4.78 is 17.5. The molecular formula is C38H57NO6Si. The molecule has 46 heavy (non-hydrogen) atoms. The third kappa shape index (κ3) is 5.22. The lowest BCUT2D eigenvalue weighted by Crippen LogP contribution is -2.66. The van der Waals surface area contributed by atoms with Crippen LogP contribution in [0.4, 0.5) is 0 Å². The summed E-state index contributed by atoms with van der Waals surface area (Å²) >= 11 is 0. The van der Waals surface area contributed by atoms with Gasteiger partial charge in [-0.3, -0.25) is 14.4 Å². The minimum absolute atomic E-state index is 0.0327. The van der Waals surface area contributed by atoms with Crippen molar-refractivity contribution in [3.8, 4) is 6.07 Å². The van der Waals surface area contributed by atoms with Crippen molar-refractivity contribution in [1.29, 1.82) is 5.26 Å². The van der Waals surface area contributed by atoms with Gasteiger partial charge in [0, 0.05) is 17.6 Å². The largest absolute Gasteiger partial charge is 0.469 e. The first kappa shape index (κ1) is 35.2. The summed E-state index contributed by atoms with van der Waals surface area (Å²) in [4.78, 5) is 42.2. The van der Waals surface area contributed by atoms with Gasteiger partial charge in [-0.15, -0.1) is 0 Å². The number of methoxy groups -OCH3 is 1. The molecule has 0 aromatic heterocycles. The summed E-state index contributed by atoms with van der Waals surface area (Å²) in [6, 6.07) is 2.22. The number of rotatable bonds is 8. The van der Waals surface area contributed by atoms with E-state index in [2.05, 4.69) is 60.3 Å². The molecule has 254 valence electrons. The third-order valence-corrected chi connectivity index (χ3v) is 14.7. The molecule has 5 aliphatic rings. The second-order valence-electron chi connectivity index (χ2n) is 18.3. The van der Waals surface area contributed by atoms with E-state index in [0.29, 0.717) is 19.6 Å². The van der Waals surface area contributed by atoms with Crippen LogP contribution in [0.25, 0.3) is 0 Å². The maximum atomic E-state index is 14.7. The summed E-state index contributed by atoms with van der Waals surface area (Å²) in [6.07, 6.45) is 10.1. The Hall–Kier alpha value is -2.08. The number of Topliss-reactive ketones (excluding diaryl/α,β-unsaturated/α-hetero) is 1. The molecule has 0 aromatic rings. The van der Waals surface area contributed by atoms with Gasteiger partial charge in [0.1, 0.15) is 6.07 Å². The lowest BCUT2D eigenvalue weighted by atomic mass is 9.34. The zero-order valence-corrected chi connectivity index (χ0v) is 31.1. The van der Waals surface area contributed by atoms with E-state index in [1.54, 1.807) is 0 Å². The van der Waals surface area contributed by atoms with Gasteiger partial charge in [-0.2, -0.15) is 5.26 Å². The second-order valence-corrected chi connectivity index (χ2v) is 23.7. The summed E-state index contributed by atoms with van der Waals surface area (Å²) in [5.74, 6) is -0.729. The normalized spacial score (nSPS) is 41.5. The number of carbonyl (C=O) groups is 3. The van der Waals surface area contributed by atoms with Crippen LogP contribution in [-0.2, 0) is 28.6 Å². The first-order chi connectivity index (χ1) is 21.2. The highest BCUT2D eigenvalue weighted by atomic mass is 28.3. The Bertz CT molecular complexity index is 1400. The number of hydrogen-bond donors (Lipinski definition) is 0. The average molecular weight is 652 g/mol. The zero-order valence-electron chi connectivity index (χ0n) is 30.1. The van der Waals surface area contributed by atoms with Crippen LogP contribution < -0.4 is 0 Å². The summed E-state index contributed by atoms with van der Waals surface area (Å²) in [6.45, 7) is 21.1. The van der Waals surface area contributed by atoms with Crippen molar-refractivity contribution in [2.75, 3.05) is 33.2 Å². The lowest BCUT2D eigenvalue weighted by Gasteiger charge is -2.68. The van der Waals surface area contributed by atoms with Crippen LogP contribution in [0, 0.1) is 61.6 Å². The fourth-order valence-electron chi connectivity index (χ4n) is 11.0. The highest BCUT2D eigenvalue weighted by Gasteiger charge is 2.71. The Morgan fingerprint density at radius 1 is 0.978 bits per heavy atom. The molecule has 0 aromatic carbocycles. The van der Waals surface area contributed by atoms with Crippen molar-refractivity contribution >= 4 is 25.6 Å². The topological polar surface area (TPSA) is 103 Å². The zero-order chi connectivity index (χ0) is 34.1. The van der Waals surface area contributed by atoms with Gasteiger partial charge in [0.15, 0.2) is 11.6 Å². The number of nitrogens with zero attached hydrogens (tertiary/aromatic N) is 1. The monoisotopic (exact) mass is 651 g/mol. The predicted molar refractivity (Wildman–Crippen MR) is 180 cm³/mol. The van der Waals surface area contributed by atoms with E-state index in [9.17, 15) is 19.6 Å². The van der Waals surface area contributed by atoms with Gasteiger partial charge in [-0.25, -0.2) is 0 Å². The van der Waals surface area contributed by atoms with Crippen molar-refractivity contribution in [3.63, 3.8) is 0 Å². The number of hydrogen-bond acceptors (Lipinski definition) is 7. The van der Waals surface area contributed by atoms with Crippen LogP contribution in [0.1, 0.15) is 86.5 Å². The van der Waals surface area contributed by atoms with Gasteiger partial charge >= 0.3 is 5.97 Å². The van der Waals surface area contributed by atoms with E-state index in [4.69, 9.17) is 14.2 Å². The molecule has 0 aliphatic heterocycles. The van der Waals surface area contributed by atoms with E-state index < -0.39 is 24.3 Å². The standard InChI is InChI=1S/C38H57NO6Si/c1-33(2)13-15-38(32(42)43-7)16-14-37(6)30(26(38)21-33)27(40)19-29-34(3)20-25(22-39)31(41)35(4,28(34)11-12-36(29,37)5)23-44-17-18-45-24-46(8,9)10/h19-20,26,28,30H,11-18,21,23-24H2,1-10H3/t26-,28+,30-,34-,35-,36+,37+,38-/m0/s1. The van der Waals surface area contributed by atoms with Crippen molar-refractivity contribution in [3.05, 3.63) is 23.3 Å². The van der Waals surface area contributed by atoms with Crippen LogP contribution in [0.15, 0.2) is 23.3 Å². The second kappa shape index (κ2) is 11.5. The fourth-order valence-corrected chi connectivity index (χ4v) is 11.7. The molecule has 8 heteroatoms. The molecule has 3 saturated carbocycles. The van der Waals surface area contributed by atoms with Crippen LogP contribution in [0.2, 0.25) is 19.6 Å². The predicted octanol–water partition coefficient (Wildman–Crippen LogP) is 7.27. The molecule has 0 amide bonds. The molecule has 0 heterocycles. The van der Waals surface area contributed by atoms with E-state index in [1.807, 2.05) is 19.1 Å². The van der Waals surface area contributed by atoms with Gasteiger partial charge in [-0.05, 0) is 86.0 Å². The molecular weight excluding hydrogens is 595 g/mol. The molecule has 0 N–H and O–H groups in total. The molecule has 0 unspecified atom stereocenters. The Morgan fingerprint density at radius 2 is 1.63 bits per heavy atom. The van der Waals surface area contributed by atoms with Crippen molar-refractivity contribution in [2.45, 2.75) is 106 Å². The quantitative estimate of drug-likeness (QED) is 0.155. The number of carbonyl (C=O) groups excluding carboxylic acids is 3. The summed E-state index contributed by atoms with van der Waals surface area (Å²) in [7, 11) is 0.151. The maximum Gasteiger partial charge on any atom is 0.312 e. The molecule has 0 saturated heterocycles. The highest BCUT2D eigenvalue weighted by molar-refractivity contribution is 6.76. The number of nitriles is 1. The minimum atomic E-state index is -1.33. The van der Waals surface area contributed by atoms with E-state index >= 15 is 0 Å². The van der Waals surface area contributed by atoms with Gasteiger partial charge in [0.25, 0.3) is 0 Å². The Balaban J connectivity index is 1.53. The number of ether oxygens (including phenoxy) is 3. The number of ketones is 2. The number of allylic oxidation sites excluding steroid dienone is 4. The molecule has 0 bridgehead atoms. The SMILES string of the molecule is COC(=O)[C@]12CCC(C)(C)C[C@H]1[C@H]1C(=O)C=C3[C@@]4(C)C=C(C#N)C(=O)[C@@](C)(COCCOC[Si](C)(C)C)[C@@H]4CC[C@@]3(C)[C@]1(C)CC2. The van der Waals surface area contributed by atoms with Crippen LogP contribution >= 0.6 is 0 Å². The van der Waals surface area contributed by atoms with Gasteiger partial charge in [-0.1, -0.05) is 65.9 Å². The molecule has 5 rings (SSSR count). The van der Waals surface area contributed by atoms with Gasteiger partial charge in [0.2, 0.25) is 0 Å². The molecule has 0 radical (unpaired) electrons. The van der Waals surface area contributed by atoms with Crippen molar-refractivity contribution in [2.24, 2.45) is 50.2 Å². The average Bonchev–Trinajstić information content (AvgIpc) is 2.97. The fraction of sp³-hybridized carbons (Fsp3) is 0.789. The Labute approximate surface area is 277 Å². The molecule has 0 spiro atoms. The molecule has 3 fully saturated rings. The number of esters is 1. The van der Waals surface area contributed by atoms with Gasteiger partial charge in [0.05, 0.1) is 51.4 Å². The van der Waals surface area contributed by atoms with E-state index in [1.165, 1.54) is 7.11 Å². The Kier molecular flexibility index (Phi) is 8.82. The molecule has 7 nitrogen and oxygen atoms in total. The number of fused-ring (bicyclic) bond motifs is 7. The lowest BCUT2D eigenvalue weighted by molar-refractivity contribution is -0.191. The first-order valence-electron chi connectivity index (χ1n) is 17.4. The Morgan fingerprint density at radius 3 is 2.26 bits per heavy atom. The molecule has 5 aliphatic carbocycles. The van der Waals surface area contributed by atoms with Crippen LogP contribution in [0.3, 0.4) is 0 Å². The summed E-state index contributed by atoms with van der Waals surface area (Å²) in [5.41, 5.74) is -1.68. The minimum Gasteiger partial charge on any atom is -0.469 e. The van der Waals surface area contributed by atoms with E-state index in [-0.39, 0.29) is 63.7 Å². The van der Waals surface area contributed by atoms with Crippen molar-refractivity contribution < 1.29 is 28.6 Å². The smallest absolute Gasteiger partial charge is 0.312 e. The molecule has 8 atom stereocenters. The highest BCUT2D eigenvalue weighted by Crippen LogP contribution is 2.74. The van der Waals surface area contributed by atoms with E-state index in [0.717, 1.165) is 50.3 Å². The van der Waals surface area contributed by atoms with Crippen LogP contribution in [-0.4, -0.2) is 58.8 Å². The third-order valence-electron chi connectivity index (χ3n) is 13.6. The summed E-state index contributed by atoms with van der Waals surface area (Å²) in [5, 5.41) is 10.2. The maximum absolute atomic E-state index is 14.7. The first-order valence-corrected chi connectivity index (χ1v) is 21.1. The van der Waals surface area contributed by atoms with Crippen LogP contribution in [0.5, 0.6) is 0 Å². The van der Waals surface area contributed by atoms with Crippen molar-refractivity contribution in [1.82, 2.24) is 0 Å². The van der Waals surface area contributed by atoms with Gasteiger partial charge < -0.3 is 14.2 Å².